The Hall–Kier alpha value is -3.12. The lowest BCUT2D eigenvalue weighted by Gasteiger charge is -2.08. The molecule has 0 aliphatic heterocycles. The fourth-order valence-electron chi connectivity index (χ4n) is 3.47. The molecule has 1 N–H and O–H groups in total. The maximum absolute atomic E-state index is 12.9. The van der Waals surface area contributed by atoms with Crippen molar-refractivity contribution < 1.29 is 4.79 Å². The molecule has 5 rings (SSSR count). The summed E-state index contributed by atoms with van der Waals surface area (Å²) < 4.78 is 1.06. The van der Waals surface area contributed by atoms with E-state index in [2.05, 4.69) is 32.4 Å². The van der Waals surface area contributed by atoms with Crippen molar-refractivity contribution in [3.05, 3.63) is 71.7 Å². The molecule has 0 bridgehead atoms. The highest BCUT2D eigenvalue weighted by Gasteiger charge is 2.19. The predicted octanol–water partition coefficient (Wildman–Crippen LogP) is 4.49. The maximum atomic E-state index is 12.9. The number of fused-ring (bicyclic) bond motifs is 2. The standard InChI is InChI=1S/C21H16N4OS/c26-20(24-15-9-8-13-4-3-5-14(13)12-15)18-19(23-11-10-22-18)21-25-16-6-1-2-7-17(16)27-21/h1-2,6-12H,3-5H2,(H,24,26). The number of hydrogen-bond donors (Lipinski definition) is 1. The second-order valence-corrected chi connectivity index (χ2v) is 7.56. The van der Waals surface area contributed by atoms with Crippen molar-refractivity contribution in [2.45, 2.75) is 19.3 Å². The number of aromatic nitrogens is 3. The number of nitrogens with one attached hydrogen (secondary N) is 1. The number of thiazole rings is 1. The number of nitrogens with zero attached hydrogens (tertiary/aromatic N) is 3. The number of amides is 1. The van der Waals surface area contributed by atoms with Gasteiger partial charge in [0.2, 0.25) is 0 Å². The lowest BCUT2D eigenvalue weighted by molar-refractivity contribution is 0.102. The number of benzene rings is 2. The van der Waals surface area contributed by atoms with Crippen molar-refractivity contribution in [3.8, 4) is 10.7 Å². The molecule has 27 heavy (non-hydrogen) atoms. The van der Waals surface area contributed by atoms with Crippen LogP contribution in [0.4, 0.5) is 5.69 Å². The van der Waals surface area contributed by atoms with Gasteiger partial charge in [-0.25, -0.2) is 15.0 Å². The fourth-order valence-corrected chi connectivity index (χ4v) is 4.44. The number of para-hydroxylation sites is 1. The number of hydrogen-bond acceptors (Lipinski definition) is 5. The van der Waals surface area contributed by atoms with Crippen LogP contribution in [-0.4, -0.2) is 20.9 Å². The summed E-state index contributed by atoms with van der Waals surface area (Å²) in [7, 11) is 0. The summed E-state index contributed by atoms with van der Waals surface area (Å²) in [6.07, 6.45) is 6.50. The van der Waals surface area contributed by atoms with Crippen LogP contribution < -0.4 is 5.32 Å². The highest BCUT2D eigenvalue weighted by Crippen LogP contribution is 2.30. The van der Waals surface area contributed by atoms with E-state index >= 15 is 0 Å². The van der Waals surface area contributed by atoms with Crippen molar-refractivity contribution in [3.63, 3.8) is 0 Å². The van der Waals surface area contributed by atoms with E-state index < -0.39 is 0 Å². The highest BCUT2D eigenvalue weighted by molar-refractivity contribution is 7.21. The average molecular weight is 372 g/mol. The Morgan fingerprint density at radius 2 is 1.85 bits per heavy atom. The van der Waals surface area contributed by atoms with E-state index in [1.807, 2.05) is 30.3 Å². The third-order valence-corrected chi connectivity index (χ3v) is 5.81. The molecule has 6 heteroatoms. The molecule has 1 aliphatic carbocycles. The van der Waals surface area contributed by atoms with Crippen molar-refractivity contribution in [1.82, 2.24) is 15.0 Å². The third-order valence-electron chi connectivity index (χ3n) is 4.77. The quantitative estimate of drug-likeness (QED) is 0.575. The Labute approximate surface area is 160 Å². The molecule has 2 aromatic heterocycles. The molecule has 5 nitrogen and oxygen atoms in total. The normalized spacial score (nSPS) is 12.9. The number of aryl methyl sites for hydroxylation is 2. The summed E-state index contributed by atoms with van der Waals surface area (Å²) >= 11 is 1.51. The van der Waals surface area contributed by atoms with Crippen LogP contribution in [0.15, 0.2) is 54.9 Å². The zero-order valence-corrected chi connectivity index (χ0v) is 15.3. The molecule has 0 spiro atoms. The molecule has 0 saturated carbocycles. The van der Waals surface area contributed by atoms with Crippen LogP contribution in [0.1, 0.15) is 28.0 Å². The van der Waals surface area contributed by atoms with Crippen LogP contribution in [0.3, 0.4) is 0 Å². The van der Waals surface area contributed by atoms with Gasteiger partial charge in [-0.15, -0.1) is 11.3 Å². The van der Waals surface area contributed by atoms with Crippen LogP contribution in [-0.2, 0) is 12.8 Å². The molecule has 4 aromatic rings. The largest absolute Gasteiger partial charge is 0.321 e. The van der Waals surface area contributed by atoms with Gasteiger partial charge < -0.3 is 5.32 Å². The maximum Gasteiger partial charge on any atom is 0.276 e. The van der Waals surface area contributed by atoms with Gasteiger partial charge >= 0.3 is 0 Å². The second kappa shape index (κ2) is 6.55. The van der Waals surface area contributed by atoms with E-state index in [1.165, 1.54) is 35.1 Å². The summed E-state index contributed by atoms with van der Waals surface area (Å²) in [4.78, 5) is 26.2. The Kier molecular flexibility index (Phi) is 3.90. The van der Waals surface area contributed by atoms with Gasteiger partial charge in [-0.3, -0.25) is 4.79 Å². The van der Waals surface area contributed by atoms with Gasteiger partial charge in [0, 0.05) is 18.1 Å². The van der Waals surface area contributed by atoms with Crippen LogP contribution in [0.5, 0.6) is 0 Å². The fraction of sp³-hybridized carbons (Fsp3) is 0.143. The number of anilines is 1. The lowest BCUT2D eigenvalue weighted by Crippen LogP contribution is -2.15. The second-order valence-electron chi connectivity index (χ2n) is 6.53. The summed E-state index contributed by atoms with van der Waals surface area (Å²) in [5.74, 6) is -0.268. The highest BCUT2D eigenvalue weighted by atomic mass is 32.1. The van der Waals surface area contributed by atoms with E-state index in [9.17, 15) is 4.79 Å². The molecule has 1 amide bonds. The minimum atomic E-state index is -0.268. The Morgan fingerprint density at radius 1 is 1.00 bits per heavy atom. The minimum absolute atomic E-state index is 0.268. The van der Waals surface area contributed by atoms with E-state index in [0.717, 1.165) is 28.7 Å². The molecule has 1 aliphatic rings. The molecule has 0 radical (unpaired) electrons. The minimum Gasteiger partial charge on any atom is -0.321 e. The molecule has 132 valence electrons. The van der Waals surface area contributed by atoms with Gasteiger partial charge in [0.25, 0.3) is 5.91 Å². The van der Waals surface area contributed by atoms with E-state index in [1.54, 1.807) is 6.20 Å². The average Bonchev–Trinajstić information content (AvgIpc) is 3.34. The van der Waals surface area contributed by atoms with Crippen LogP contribution in [0, 0.1) is 0 Å². The number of carbonyl (C=O) groups is 1. The summed E-state index contributed by atoms with van der Waals surface area (Å²) in [6, 6.07) is 14.0. The first-order chi connectivity index (χ1) is 13.3. The lowest BCUT2D eigenvalue weighted by atomic mass is 10.1. The van der Waals surface area contributed by atoms with Crippen LogP contribution >= 0.6 is 11.3 Å². The van der Waals surface area contributed by atoms with Gasteiger partial charge in [0.1, 0.15) is 10.7 Å². The molecule has 0 unspecified atom stereocenters. The molecule has 2 aromatic carbocycles. The molecule has 0 saturated heterocycles. The van der Waals surface area contributed by atoms with Crippen molar-refractivity contribution in [2.24, 2.45) is 0 Å². The molecule has 0 fully saturated rings. The molecule has 2 heterocycles. The van der Waals surface area contributed by atoms with Crippen molar-refractivity contribution in [1.29, 1.82) is 0 Å². The van der Waals surface area contributed by atoms with Crippen LogP contribution in [0.25, 0.3) is 20.9 Å². The van der Waals surface area contributed by atoms with Gasteiger partial charge in [-0.1, -0.05) is 18.2 Å². The van der Waals surface area contributed by atoms with Gasteiger partial charge in [0.05, 0.1) is 10.2 Å². The summed E-state index contributed by atoms with van der Waals surface area (Å²) in [5.41, 5.74) is 5.19. The first-order valence-electron chi connectivity index (χ1n) is 8.88. The smallest absolute Gasteiger partial charge is 0.276 e. The molecular weight excluding hydrogens is 356 g/mol. The first-order valence-corrected chi connectivity index (χ1v) is 9.70. The van der Waals surface area contributed by atoms with Gasteiger partial charge in [-0.2, -0.15) is 0 Å². The van der Waals surface area contributed by atoms with Gasteiger partial charge in [0.15, 0.2) is 5.69 Å². The zero-order valence-electron chi connectivity index (χ0n) is 14.5. The predicted molar refractivity (Wildman–Crippen MR) is 107 cm³/mol. The Balaban J connectivity index is 1.49. The first kappa shape index (κ1) is 16.1. The topological polar surface area (TPSA) is 67.8 Å². The number of rotatable bonds is 3. The molecule has 0 atom stereocenters. The van der Waals surface area contributed by atoms with E-state index in [-0.39, 0.29) is 11.6 Å². The third kappa shape index (κ3) is 2.98. The van der Waals surface area contributed by atoms with Crippen molar-refractivity contribution in [2.75, 3.05) is 5.32 Å². The zero-order chi connectivity index (χ0) is 18.2. The summed E-state index contributed by atoms with van der Waals surface area (Å²) in [5, 5.41) is 3.66. The van der Waals surface area contributed by atoms with Crippen LogP contribution in [0.2, 0.25) is 0 Å². The number of carbonyl (C=O) groups excluding carboxylic acids is 1. The Bertz CT molecular complexity index is 1130. The van der Waals surface area contributed by atoms with E-state index in [4.69, 9.17) is 0 Å². The van der Waals surface area contributed by atoms with Crippen molar-refractivity contribution >= 4 is 33.1 Å². The summed E-state index contributed by atoms with van der Waals surface area (Å²) in [6.45, 7) is 0. The van der Waals surface area contributed by atoms with E-state index in [0.29, 0.717) is 10.7 Å². The molecular formula is C21H16N4OS. The SMILES string of the molecule is O=C(Nc1ccc2c(c1)CCC2)c1nccnc1-c1nc2ccccc2s1. The monoisotopic (exact) mass is 372 g/mol. The van der Waals surface area contributed by atoms with Gasteiger partial charge in [-0.05, 0) is 54.7 Å². The Morgan fingerprint density at radius 3 is 2.78 bits per heavy atom.